The second-order valence-corrected chi connectivity index (χ2v) is 8.24. The lowest BCUT2D eigenvalue weighted by Crippen LogP contribution is -2.38. The number of hydrogen-bond donors (Lipinski definition) is 1. The molecule has 28 heavy (non-hydrogen) atoms. The minimum Gasteiger partial charge on any atom is -0.469 e. The third kappa shape index (κ3) is 3.54. The van der Waals surface area contributed by atoms with E-state index in [-0.39, 0.29) is 23.8 Å². The monoisotopic (exact) mass is 397 g/mol. The lowest BCUT2D eigenvalue weighted by atomic mass is 9.86. The van der Waals surface area contributed by atoms with E-state index in [1.807, 2.05) is 48.0 Å². The van der Waals surface area contributed by atoms with E-state index in [0.29, 0.717) is 4.88 Å². The van der Waals surface area contributed by atoms with Crippen LogP contribution in [-0.4, -0.2) is 34.8 Å². The van der Waals surface area contributed by atoms with Gasteiger partial charge in [0.1, 0.15) is 4.83 Å². The predicted molar refractivity (Wildman–Crippen MR) is 109 cm³/mol. The van der Waals surface area contributed by atoms with E-state index in [9.17, 15) is 9.59 Å². The zero-order valence-corrected chi connectivity index (χ0v) is 16.8. The minimum atomic E-state index is -0.143. The van der Waals surface area contributed by atoms with Crippen LogP contribution in [0.1, 0.15) is 41.0 Å². The third-order valence-electron chi connectivity index (χ3n) is 5.37. The van der Waals surface area contributed by atoms with Crippen LogP contribution in [-0.2, 0) is 9.53 Å². The molecule has 1 aromatic carbocycles. The van der Waals surface area contributed by atoms with Gasteiger partial charge in [0.2, 0.25) is 0 Å². The topological polar surface area (TPSA) is 73.2 Å². The van der Waals surface area contributed by atoms with E-state index < -0.39 is 0 Å². The maximum absolute atomic E-state index is 12.8. The van der Waals surface area contributed by atoms with Crippen LogP contribution < -0.4 is 5.32 Å². The first-order valence-electron chi connectivity index (χ1n) is 9.50. The number of nitrogens with zero attached hydrogens (tertiary/aromatic N) is 2. The Bertz CT molecular complexity index is 1000. The number of nitrogens with one attached hydrogen (secondary N) is 1. The van der Waals surface area contributed by atoms with Crippen LogP contribution in [0.25, 0.3) is 15.9 Å². The number of fused-ring (bicyclic) bond motifs is 1. The summed E-state index contributed by atoms with van der Waals surface area (Å²) in [5.41, 5.74) is 1.89. The molecule has 4 rings (SSSR count). The predicted octanol–water partition coefficient (Wildman–Crippen LogP) is 3.86. The van der Waals surface area contributed by atoms with Crippen molar-refractivity contribution in [3.63, 3.8) is 0 Å². The van der Waals surface area contributed by atoms with Crippen LogP contribution in [0.3, 0.4) is 0 Å². The molecule has 1 aliphatic rings. The van der Waals surface area contributed by atoms with Gasteiger partial charge in [-0.05, 0) is 50.8 Å². The number of carbonyl (C=O) groups excluding carboxylic acids is 2. The van der Waals surface area contributed by atoms with Gasteiger partial charge in [-0.25, -0.2) is 4.68 Å². The standard InChI is InChI=1S/C21H23N3O3S/c1-13-17-12-18(28-20(17)24(23-13)16-6-4-3-5-7-16)19(25)22-15-10-8-14(9-11-15)21(26)27-2/h3-7,12,14-15H,8-11H2,1-2H3,(H,22,25). The number of aryl methyl sites for hydroxylation is 1. The van der Waals surface area contributed by atoms with E-state index >= 15 is 0 Å². The quantitative estimate of drug-likeness (QED) is 0.679. The number of esters is 1. The molecule has 146 valence electrons. The smallest absolute Gasteiger partial charge is 0.308 e. The first kappa shape index (κ1) is 18.7. The molecule has 2 heterocycles. The molecule has 1 amide bonds. The summed E-state index contributed by atoms with van der Waals surface area (Å²) in [5, 5.41) is 8.76. The molecule has 1 aliphatic carbocycles. The van der Waals surface area contributed by atoms with Crippen LogP contribution >= 0.6 is 11.3 Å². The highest BCUT2D eigenvalue weighted by Gasteiger charge is 2.28. The summed E-state index contributed by atoms with van der Waals surface area (Å²) >= 11 is 1.46. The fourth-order valence-electron chi connectivity index (χ4n) is 3.80. The lowest BCUT2D eigenvalue weighted by Gasteiger charge is -2.27. The Labute approximate surface area is 167 Å². The van der Waals surface area contributed by atoms with Crippen molar-refractivity contribution in [2.75, 3.05) is 7.11 Å². The average Bonchev–Trinajstić information content (AvgIpc) is 3.29. The normalized spacial score (nSPS) is 19.5. The molecule has 0 aliphatic heterocycles. The molecule has 6 nitrogen and oxygen atoms in total. The molecular weight excluding hydrogens is 374 g/mol. The number of para-hydroxylation sites is 1. The molecular formula is C21H23N3O3S. The van der Waals surface area contributed by atoms with Gasteiger partial charge in [-0.3, -0.25) is 9.59 Å². The SMILES string of the molecule is COC(=O)C1CCC(NC(=O)c2cc3c(C)nn(-c4ccccc4)c3s2)CC1. The van der Waals surface area contributed by atoms with Crippen molar-refractivity contribution >= 4 is 33.4 Å². The van der Waals surface area contributed by atoms with Crippen molar-refractivity contribution in [1.29, 1.82) is 0 Å². The highest BCUT2D eigenvalue weighted by atomic mass is 32.1. The molecule has 3 aromatic rings. The summed E-state index contributed by atoms with van der Waals surface area (Å²) in [6.45, 7) is 1.96. The van der Waals surface area contributed by atoms with Gasteiger partial charge in [-0.1, -0.05) is 18.2 Å². The zero-order valence-electron chi connectivity index (χ0n) is 16.0. The molecule has 1 saturated carbocycles. The lowest BCUT2D eigenvalue weighted by molar-refractivity contribution is -0.146. The fourth-order valence-corrected chi connectivity index (χ4v) is 4.89. The molecule has 0 unspecified atom stereocenters. The van der Waals surface area contributed by atoms with E-state index in [1.165, 1.54) is 18.4 Å². The molecule has 7 heteroatoms. The molecule has 2 aromatic heterocycles. The Morgan fingerprint density at radius 2 is 1.89 bits per heavy atom. The summed E-state index contributed by atoms with van der Waals surface area (Å²) in [7, 11) is 1.43. The summed E-state index contributed by atoms with van der Waals surface area (Å²) < 4.78 is 6.72. The molecule has 1 N–H and O–H groups in total. The fraction of sp³-hybridized carbons (Fsp3) is 0.381. The number of aromatic nitrogens is 2. The van der Waals surface area contributed by atoms with Crippen molar-refractivity contribution in [3.05, 3.63) is 47.0 Å². The number of ether oxygens (including phenoxy) is 1. The Hall–Kier alpha value is -2.67. The number of methoxy groups -OCH3 is 1. The summed E-state index contributed by atoms with van der Waals surface area (Å²) in [4.78, 5) is 26.1. The molecule has 0 spiro atoms. The summed E-state index contributed by atoms with van der Waals surface area (Å²) in [6, 6.07) is 12.0. The zero-order chi connectivity index (χ0) is 19.7. The molecule has 1 fully saturated rings. The second-order valence-electron chi connectivity index (χ2n) is 7.21. The van der Waals surface area contributed by atoms with E-state index in [4.69, 9.17) is 4.74 Å². The number of amides is 1. The van der Waals surface area contributed by atoms with Gasteiger partial charge >= 0.3 is 5.97 Å². The number of benzene rings is 1. The Morgan fingerprint density at radius 1 is 1.18 bits per heavy atom. The summed E-state index contributed by atoms with van der Waals surface area (Å²) in [6.07, 6.45) is 3.11. The Balaban J connectivity index is 1.49. The number of hydrogen-bond acceptors (Lipinski definition) is 5. The molecule has 0 radical (unpaired) electrons. The van der Waals surface area contributed by atoms with E-state index in [1.54, 1.807) is 0 Å². The van der Waals surface area contributed by atoms with E-state index in [2.05, 4.69) is 10.4 Å². The van der Waals surface area contributed by atoms with Gasteiger partial charge in [-0.2, -0.15) is 5.10 Å². The molecule has 0 saturated heterocycles. The van der Waals surface area contributed by atoms with E-state index in [0.717, 1.165) is 47.3 Å². The van der Waals surface area contributed by atoms with Gasteiger partial charge in [0, 0.05) is 11.4 Å². The van der Waals surface area contributed by atoms with Gasteiger partial charge in [-0.15, -0.1) is 11.3 Å². The molecule has 0 bridgehead atoms. The Morgan fingerprint density at radius 3 is 2.57 bits per heavy atom. The maximum atomic E-state index is 12.8. The van der Waals surface area contributed by atoms with Crippen molar-refractivity contribution in [2.24, 2.45) is 5.92 Å². The van der Waals surface area contributed by atoms with Crippen LogP contribution in [0.15, 0.2) is 36.4 Å². The van der Waals surface area contributed by atoms with Gasteiger partial charge in [0.25, 0.3) is 5.91 Å². The Kier molecular flexibility index (Phi) is 5.17. The number of thiophene rings is 1. The van der Waals surface area contributed by atoms with Gasteiger partial charge < -0.3 is 10.1 Å². The van der Waals surface area contributed by atoms with Crippen LogP contribution in [0.2, 0.25) is 0 Å². The third-order valence-corrected chi connectivity index (χ3v) is 6.48. The van der Waals surface area contributed by atoms with Crippen molar-refractivity contribution in [1.82, 2.24) is 15.1 Å². The van der Waals surface area contributed by atoms with Crippen LogP contribution in [0.4, 0.5) is 0 Å². The van der Waals surface area contributed by atoms with Crippen LogP contribution in [0.5, 0.6) is 0 Å². The van der Waals surface area contributed by atoms with Crippen LogP contribution in [0, 0.1) is 12.8 Å². The first-order chi connectivity index (χ1) is 13.6. The summed E-state index contributed by atoms with van der Waals surface area (Å²) in [5.74, 6) is -0.237. The van der Waals surface area contributed by atoms with Crippen molar-refractivity contribution in [3.8, 4) is 5.69 Å². The number of carbonyl (C=O) groups is 2. The van der Waals surface area contributed by atoms with Gasteiger partial charge in [0.15, 0.2) is 0 Å². The van der Waals surface area contributed by atoms with Crippen molar-refractivity contribution in [2.45, 2.75) is 38.6 Å². The minimum absolute atomic E-state index is 0.0398. The highest BCUT2D eigenvalue weighted by Crippen LogP contribution is 2.31. The first-order valence-corrected chi connectivity index (χ1v) is 10.3. The average molecular weight is 398 g/mol. The molecule has 0 atom stereocenters. The maximum Gasteiger partial charge on any atom is 0.308 e. The largest absolute Gasteiger partial charge is 0.469 e. The number of rotatable bonds is 4. The van der Waals surface area contributed by atoms with Gasteiger partial charge in [0.05, 0.1) is 29.3 Å². The van der Waals surface area contributed by atoms with Crippen molar-refractivity contribution < 1.29 is 14.3 Å². The highest BCUT2D eigenvalue weighted by molar-refractivity contribution is 7.20. The second kappa shape index (κ2) is 7.75.